The highest BCUT2D eigenvalue weighted by atomic mass is 19.4. The average molecular weight is 313 g/mol. The maximum absolute atomic E-state index is 12.7. The van der Waals surface area contributed by atoms with Gasteiger partial charge in [-0.3, -0.25) is 13.9 Å². The molecule has 8 heteroatoms. The maximum Gasteiger partial charge on any atom is 0.433 e. The fourth-order valence-electron chi connectivity index (χ4n) is 2.12. The summed E-state index contributed by atoms with van der Waals surface area (Å²) in [7, 11) is 1.29. The summed E-state index contributed by atoms with van der Waals surface area (Å²) in [5.74, 6) is 0. The Labute approximate surface area is 123 Å². The highest BCUT2D eigenvalue weighted by Crippen LogP contribution is 2.28. The zero-order chi connectivity index (χ0) is 16.5. The molecular weight excluding hydrogens is 299 g/mol. The summed E-state index contributed by atoms with van der Waals surface area (Å²) in [5, 5.41) is -0.0197. The second kappa shape index (κ2) is 5.78. The molecule has 0 radical (unpaired) electrons. The van der Waals surface area contributed by atoms with Crippen LogP contribution in [0.2, 0.25) is 0 Å². The molecule has 0 bridgehead atoms. The minimum absolute atomic E-state index is 0.0197. The number of hydrogen-bond donors (Lipinski definition) is 0. The highest BCUT2D eigenvalue weighted by molar-refractivity contribution is 5.74. The Balaban J connectivity index is 2.67. The number of aryl methyl sites for hydroxylation is 1. The zero-order valence-corrected chi connectivity index (χ0v) is 11.9. The molecule has 0 atom stereocenters. The van der Waals surface area contributed by atoms with E-state index >= 15 is 0 Å². The zero-order valence-electron chi connectivity index (χ0n) is 11.9. The number of nitrogens with zero attached hydrogens (tertiary/aromatic N) is 3. The second-order valence-electron chi connectivity index (χ2n) is 4.79. The Kier molecular flexibility index (Phi) is 4.20. The molecule has 0 unspecified atom stereocenters. The third-order valence-electron chi connectivity index (χ3n) is 3.27. The van der Waals surface area contributed by atoms with Gasteiger partial charge in [0.25, 0.3) is 5.56 Å². The molecule has 118 valence electrons. The minimum atomic E-state index is -4.64. The molecule has 0 aromatic carbocycles. The van der Waals surface area contributed by atoms with Crippen molar-refractivity contribution in [2.45, 2.75) is 25.6 Å². The smallest absolute Gasteiger partial charge is 0.280 e. The Bertz CT molecular complexity index is 834. The van der Waals surface area contributed by atoms with Gasteiger partial charge in [0.2, 0.25) is 0 Å². The first-order valence-electron chi connectivity index (χ1n) is 6.56. The molecule has 2 heterocycles. The van der Waals surface area contributed by atoms with E-state index < -0.39 is 23.1 Å². The molecule has 0 spiro atoms. The largest absolute Gasteiger partial charge is 0.433 e. The first-order chi connectivity index (χ1) is 10.3. The van der Waals surface area contributed by atoms with Crippen molar-refractivity contribution < 1.29 is 13.2 Å². The molecule has 5 nitrogen and oxygen atoms in total. The first-order valence-corrected chi connectivity index (χ1v) is 6.56. The van der Waals surface area contributed by atoms with Gasteiger partial charge in [-0.2, -0.15) is 13.2 Å². The fraction of sp³-hybridized carbons (Fsp3) is 0.357. The van der Waals surface area contributed by atoms with Crippen molar-refractivity contribution >= 4 is 11.0 Å². The van der Waals surface area contributed by atoms with Crippen LogP contribution < -0.4 is 11.2 Å². The highest BCUT2D eigenvalue weighted by Gasteiger charge is 2.33. The van der Waals surface area contributed by atoms with Crippen LogP contribution in [0.5, 0.6) is 0 Å². The Morgan fingerprint density at radius 3 is 2.59 bits per heavy atom. The Hall–Kier alpha value is -2.38. The van der Waals surface area contributed by atoms with Crippen molar-refractivity contribution in [2.24, 2.45) is 7.05 Å². The lowest BCUT2D eigenvalue weighted by Gasteiger charge is -2.11. The molecule has 2 aromatic heterocycles. The predicted octanol–water partition coefficient (Wildman–Crippen LogP) is 2.08. The van der Waals surface area contributed by atoms with Gasteiger partial charge in [0.15, 0.2) is 0 Å². The van der Waals surface area contributed by atoms with E-state index in [-0.39, 0.29) is 17.6 Å². The first kappa shape index (κ1) is 16.0. The molecule has 0 N–H and O–H groups in total. The third kappa shape index (κ3) is 2.81. The molecule has 22 heavy (non-hydrogen) atoms. The molecule has 2 rings (SSSR count). The maximum atomic E-state index is 12.7. The number of alkyl halides is 3. The van der Waals surface area contributed by atoms with Gasteiger partial charge in [0.05, 0.1) is 5.39 Å². The second-order valence-corrected chi connectivity index (χ2v) is 4.79. The molecular formula is C14H14F3N3O2. The van der Waals surface area contributed by atoms with Crippen molar-refractivity contribution in [2.75, 3.05) is 0 Å². The Morgan fingerprint density at radius 2 is 2.00 bits per heavy atom. The van der Waals surface area contributed by atoms with Crippen LogP contribution in [0.4, 0.5) is 13.2 Å². The van der Waals surface area contributed by atoms with Crippen LogP contribution in [0.25, 0.3) is 11.0 Å². The number of fused-ring (bicyclic) bond motifs is 1. The van der Waals surface area contributed by atoms with E-state index in [1.165, 1.54) is 7.05 Å². The summed E-state index contributed by atoms with van der Waals surface area (Å²) >= 11 is 0. The fourth-order valence-corrected chi connectivity index (χ4v) is 2.12. The number of hydrogen-bond acceptors (Lipinski definition) is 3. The lowest BCUT2D eigenvalue weighted by atomic mass is 10.2. The van der Waals surface area contributed by atoms with Crippen molar-refractivity contribution in [1.29, 1.82) is 0 Å². The van der Waals surface area contributed by atoms with Crippen LogP contribution in [0, 0.1) is 0 Å². The van der Waals surface area contributed by atoms with Crippen LogP contribution >= 0.6 is 0 Å². The van der Waals surface area contributed by atoms with E-state index in [1.807, 2.05) is 0 Å². The van der Waals surface area contributed by atoms with E-state index in [0.29, 0.717) is 12.8 Å². The molecule has 2 aromatic rings. The van der Waals surface area contributed by atoms with E-state index in [2.05, 4.69) is 11.6 Å². The third-order valence-corrected chi connectivity index (χ3v) is 3.27. The summed E-state index contributed by atoms with van der Waals surface area (Å²) < 4.78 is 40.0. The molecule has 0 amide bonds. The molecule has 0 aliphatic carbocycles. The van der Waals surface area contributed by atoms with E-state index in [4.69, 9.17) is 0 Å². The molecule has 0 saturated carbocycles. The van der Waals surface area contributed by atoms with Gasteiger partial charge in [-0.15, -0.1) is 6.58 Å². The summed E-state index contributed by atoms with van der Waals surface area (Å²) in [5.41, 5.74) is -2.74. The van der Waals surface area contributed by atoms with Crippen molar-refractivity contribution in [3.63, 3.8) is 0 Å². The lowest BCUT2D eigenvalue weighted by molar-refractivity contribution is -0.141. The van der Waals surface area contributed by atoms with Crippen LogP contribution in [0.3, 0.4) is 0 Å². The van der Waals surface area contributed by atoms with E-state index in [9.17, 15) is 22.8 Å². The summed E-state index contributed by atoms with van der Waals surface area (Å²) in [6.07, 6.45) is -1.81. The number of unbranched alkanes of at least 4 members (excludes halogenated alkanes) is 1. The van der Waals surface area contributed by atoms with Crippen LogP contribution in [-0.2, 0) is 19.8 Å². The number of allylic oxidation sites excluding steroid dienone is 1. The van der Waals surface area contributed by atoms with Gasteiger partial charge in [-0.25, -0.2) is 9.78 Å². The van der Waals surface area contributed by atoms with Crippen LogP contribution in [0.15, 0.2) is 34.4 Å². The summed E-state index contributed by atoms with van der Waals surface area (Å²) in [6.45, 7) is 3.72. The standard InChI is InChI=1S/C14H14F3N3O2/c1-3-4-5-8-20-12(21)9-6-7-10(14(15,16)17)18-11(9)19(2)13(20)22/h3,6-7H,1,4-5,8H2,2H3. The van der Waals surface area contributed by atoms with Crippen molar-refractivity contribution in [1.82, 2.24) is 14.1 Å². The molecule has 0 saturated heterocycles. The van der Waals surface area contributed by atoms with Crippen LogP contribution in [0.1, 0.15) is 18.5 Å². The van der Waals surface area contributed by atoms with Crippen molar-refractivity contribution in [3.05, 3.63) is 51.3 Å². The molecule has 0 aliphatic rings. The van der Waals surface area contributed by atoms with E-state index in [1.54, 1.807) is 6.08 Å². The van der Waals surface area contributed by atoms with Gasteiger partial charge in [-0.05, 0) is 25.0 Å². The van der Waals surface area contributed by atoms with E-state index in [0.717, 1.165) is 21.3 Å². The molecule has 0 fully saturated rings. The number of rotatable bonds is 4. The average Bonchev–Trinajstić information content (AvgIpc) is 2.47. The number of pyridine rings is 1. The lowest BCUT2D eigenvalue weighted by Crippen LogP contribution is -2.39. The normalized spacial score (nSPS) is 11.8. The number of aromatic nitrogens is 3. The SMILES string of the molecule is C=CCCCn1c(=O)c2ccc(C(F)(F)F)nc2n(C)c1=O. The predicted molar refractivity (Wildman–Crippen MR) is 75.7 cm³/mol. The quantitative estimate of drug-likeness (QED) is 0.641. The topological polar surface area (TPSA) is 56.9 Å². The Morgan fingerprint density at radius 1 is 1.32 bits per heavy atom. The van der Waals surface area contributed by atoms with Gasteiger partial charge in [0, 0.05) is 13.6 Å². The van der Waals surface area contributed by atoms with Crippen LogP contribution in [-0.4, -0.2) is 14.1 Å². The number of halogens is 3. The molecule has 0 aliphatic heterocycles. The van der Waals surface area contributed by atoms with Gasteiger partial charge >= 0.3 is 11.9 Å². The minimum Gasteiger partial charge on any atom is -0.280 e. The van der Waals surface area contributed by atoms with Crippen molar-refractivity contribution in [3.8, 4) is 0 Å². The summed E-state index contributed by atoms with van der Waals surface area (Å²) in [4.78, 5) is 27.8. The van der Waals surface area contributed by atoms with Gasteiger partial charge < -0.3 is 0 Å². The summed E-state index contributed by atoms with van der Waals surface area (Å²) in [6, 6.07) is 1.79. The van der Waals surface area contributed by atoms with Gasteiger partial charge in [-0.1, -0.05) is 6.08 Å². The monoisotopic (exact) mass is 313 g/mol. The van der Waals surface area contributed by atoms with Gasteiger partial charge in [0.1, 0.15) is 11.3 Å².